The van der Waals surface area contributed by atoms with Crippen LogP contribution in [0.25, 0.3) is 0 Å². The van der Waals surface area contributed by atoms with Crippen LogP contribution >= 0.6 is 0 Å². The summed E-state index contributed by atoms with van der Waals surface area (Å²) in [5.74, 6) is 0.772. The molecule has 4 nitrogen and oxygen atoms in total. The van der Waals surface area contributed by atoms with Gasteiger partial charge in [-0.25, -0.2) is 0 Å². The average Bonchev–Trinajstić information content (AvgIpc) is 2.45. The number of anilines is 2. The number of nitrogen functional groups attached to an aromatic ring is 1. The fraction of sp³-hybridized carbons (Fsp3) is 0.600. The quantitative estimate of drug-likeness (QED) is 0.802. The van der Waals surface area contributed by atoms with Crippen LogP contribution in [0, 0.1) is 0 Å². The third-order valence-corrected chi connectivity index (χ3v) is 3.84. The van der Waals surface area contributed by atoms with Crippen molar-refractivity contribution in [3.05, 3.63) is 18.2 Å². The lowest BCUT2D eigenvalue weighted by molar-refractivity contribution is 0.290. The van der Waals surface area contributed by atoms with Crippen molar-refractivity contribution < 1.29 is 9.84 Å². The van der Waals surface area contributed by atoms with Crippen molar-refractivity contribution in [3.63, 3.8) is 0 Å². The molecule has 0 aliphatic heterocycles. The van der Waals surface area contributed by atoms with E-state index in [0.29, 0.717) is 18.3 Å². The molecule has 1 saturated carbocycles. The SMILES string of the molecule is COc1cc(N)cc(N(CCO)C2CCCCC2)c1. The minimum absolute atomic E-state index is 0.160. The minimum atomic E-state index is 0.160. The first-order chi connectivity index (χ1) is 9.24. The number of nitrogens with zero attached hydrogens (tertiary/aromatic N) is 1. The van der Waals surface area contributed by atoms with Gasteiger partial charge >= 0.3 is 0 Å². The van der Waals surface area contributed by atoms with Crippen molar-refractivity contribution in [1.82, 2.24) is 0 Å². The number of benzene rings is 1. The van der Waals surface area contributed by atoms with Crippen LogP contribution in [0.2, 0.25) is 0 Å². The predicted octanol–water partition coefficient (Wildman–Crippen LogP) is 2.41. The Labute approximate surface area is 115 Å². The number of hydrogen-bond donors (Lipinski definition) is 2. The first kappa shape index (κ1) is 14.0. The summed E-state index contributed by atoms with van der Waals surface area (Å²) in [6, 6.07) is 6.29. The van der Waals surface area contributed by atoms with Gasteiger partial charge in [0.25, 0.3) is 0 Å². The van der Waals surface area contributed by atoms with Crippen LogP contribution in [0.3, 0.4) is 0 Å². The van der Waals surface area contributed by atoms with E-state index in [4.69, 9.17) is 10.5 Å². The van der Waals surface area contributed by atoms with E-state index < -0.39 is 0 Å². The second-order valence-corrected chi connectivity index (χ2v) is 5.17. The summed E-state index contributed by atoms with van der Waals surface area (Å²) in [4.78, 5) is 2.28. The van der Waals surface area contributed by atoms with E-state index in [9.17, 15) is 5.11 Å². The molecule has 0 unspecified atom stereocenters. The largest absolute Gasteiger partial charge is 0.497 e. The Morgan fingerprint density at radius 1 is 1.26 bits per heavy atom. The molecule has 0 amide bonds. The molecule has 0 radical (unpaired) electrons. The van der Waals surface area contributed by atoms with Gasteiger partial charge < -0.3 is 20.5 Å². The monoisotopic (exact) mass is 264 g/mol. The Hall–Kier alpha value is -1.42. The molecule has 1 aliphatic rings. The lowest BCUT2D eigenvalue weighted by atomic mass is 9.93. The van der Waals surface area contributed by atoms with Crippen molar-refractivity contribution in [2.24, 2.45) is 0 Å². The van der Waals surface area contributed by atoms with Crippen LogP contribution in [0.1, 0.15) is 32.1 Å². The van der Waals surface area contributed by atoms with Gasteiger partial charge in [0.15, 0.2) is 0 Å². The number of methoxy groups -OCH3 is 1. The molecule has 3 N–H and O–H groups in total. The molecule has 1 fully saturated rings. The zero-order valence-corrected chi connectivity index (χ0v) is 11.6. The van der Waals surface area contributed by atoms with Crippen molar-refractivity contribution >= 4 is 11.4 Å². The highest BCUT2D eigenvalue weighted by molar-refractivity contribution is 5.61. The molecule has 4 heteroatoms. The maximum Gasteiger partial charge on any atom is 0.122 e. The van der Waals surface area contributed by atoms with E-state index in [2.05, 4.69) is 4.90 Å². The zero-order valence-electron chi connectivity index (χ0n) is 11.6. The molecule has 19 heavy (non-hydrogen) atoms. The number of aliphatic hydroxyl groups is 1. The third kappa shape index (κ3) is 3.53. The molecule has 0 saturated heterocycles. The van der Waals surface area contributed by atoms with Gasteiger partial charge in [-0.1, -0.05) is 19.3 Å². The van der Waals surface area contributed by atoms with Gasteiger partial charge in [0.2, 0.25) is 0 Å². The molecule has 0 bridgehead atoms. The Kier molecular flexibility index (Phi) is 4.91. The maximum absolute atomic E-state index is 9.32. The molecule has 1 aliphatic carbocycles. The summed E-state index contributed by atoms with van der Waals surface area (Å²) in [5, 5.41) is 9.32. The lowest BCUT2D eigenvalue weighted by Gasteiger charge is -2.36. The number of rotatable bonds is 5. The van der Waals surface area contributed by atoms with E-state index in [-0.39, 0.29) is 6.61 Å². The van der Waals surface area contributed by atoms with Gasteiger partial charge in [-0.05, 0) is 18.9 Å². The normalized spacial score (nSPS) is 16.3. The fourth-order valence-electron chi connectivity index (χ4n) is 2.91. The smallest absolute Gasteiger partial charge is 0.122 e. The zero-order chi connectivity index (χ0) is 13.7. The molecule has 2 rings (SSSR count). The fourth-order valence-corrected chi connectivity index (χ4v) is 2.91. The van der Waals surface area contributed by atoms with Crippen molar-refractivity contribution in [2.45, 2.75) is 38.1 Å². The van der Waals surface area contributed by atoms with Gasteiger partial charge in [0.05, 0.1) is 13.7 Å². The summed E-state index contributed by atoms with van der Waals surface area (Å²) in [6.45, 7) is 0.810. The Morgan fingerprint density at radius 3 is 2.63 bits per heavy atom. The second kappa shape index (κ2) is 6.66. The Bertz CT molecular complexity index is 403. The van der Waals surface area contributed by atoms with Gasteiger partial charge in [-0.2, -0.15) is 0 Å². The Morgan fingerprint density at radius 2 is 2.00 bits per heavy atom. The van der Waals surface area contributed by atoms with Crippen molar-refractivity contribution in [1.29, 1.82) is 0 Å². The van der Waals surface area contributed by atoms with E-state index in [1.807, 2.05) is 18.2 Å². The highest BCUT2D eigenvalue weighted by atomic mass is 16.5. The van der Waals surface area contributed by atoms with Gasteiger partial charge in [-0.3, -0.25) is 0 Å². The van der Waals surface area contributed by atoms with Crippen molar-refractivity contribution in [3.8, 4) is 5.75 Å². The molecule has 0 spiro atoms. The molecule has 0 atom stereocenters. The molecule has 106 valence electrons. The Balaban J connectivity index is 2.24. The number of hydrogen-bond acceptors (Lipinski definition) is 4. The predicted molar refractivity (Wildman–Crippen MR) is 78.7 cm³/mol. The van der Waals surface area contributed by atoms with Gasteiger partial charge in [0, 0.05) is 36.1 Å². The minimum Gasteiger partial charge on any atom is -0.497 e. The maximum atomic E-state index is 9.32. The first-order valence-electron chi connectivity index (χ1n) is 7.06. The standard InChI is InChI=1S/C15H24N2O2/c1-19-15-10-12(16)9-14(11-15)17(7-8-18)13-5-3-2-4-6-13/h9-11,13,18H,2-8,16H2,1H3. The first-order valence-corrected chi connectivity index (χ1v) is 7.06. The van der Waals surface area contributed by atoms with Crippen LogP contribution in [-0.2, 0) is 0 Å². The van der Waals surface area contributed by atoms with E-state index >= 15 is 0 Å². The van der Waals surface area contributed by atoms with Crippen LogP contribution < -0.4 is 15.4 Å². The third-order valence-electron chi connectivity index (χ3n) is 3.84. The van der Waals surface area contributed by atoms with Crippen LogP contribution in [0.15, 0.2) is 18.2 Å². The summed E-state index contributed by atoms with van der Waals surface area (Å²) < 4.78 is 5.28. The molecule has 1 aromatic rings. The molecule has 1 aromatic carbocycles. The number of nitrogens with two attached hydrogens (primary N) is 1. The number of aliphatic hydroxyl groups excluding tert-OH is 1. The van der Waals surface area contributed by atoms with E-state index in [1.54, 1.807) is 7.11 Å². The molecular weight excluding hydrogens is 240 g/mol. The van der Waals surface area contributed by atoms with Gasteiger partial charge in [-0.15, -0.1) is 0 Å². The van der Waals surface area contributed by atoms with Crippen LogP contribution in [0.5, 0.6) is 5.75 Å². The summed E-state index contributed by atoms with van der Waals surface area (Å²) in [5.41, 5.74) is 7.68. The molecular formula is C15H24N2O2. The van der Waals surface area contributed by atoms with Crippen LogP contribution in [-0.4, -0.2) is 31.4 Å². The lowest BCUT2D eigenvalue weighted by Crippen LogP contribution is -2.38. The van der Waals surface area contributed by atoms with Crippen molar-refractivity contribution in [2.75, 3.05) is 30.9 Å². The summed E-state index contributed by atoms with van der Waals surface area (Å²) >= 11 is 0. The second-order valence-electron chi connectivity index (χ2n) is 5.17. The van der Waals surface area contributed by atoms with E-state index in [1.165, 1.54) is 32.1 Å². The highest BCUT2D eigenvalue weighted by Gasteiger charge is 2.21. The topological polar surface area (TPSA) is 58.7 Å². The highest BCUT2D eigenvalue weighted by Crippen LogP contribution is 2.31. The van der Waals surface area contributed by atoms with Crippen LogP contribution in [0.4, 0.5) is 11.4 Å². The molecule has 0 aromatic heterocycles. The van der Waals surface area contributed by atoms with E-state index in [0.717, 1.165) is 11.4 Å². The summed E-state index contributed by atoms with van der Waals surface area (Å²) in [6.07, 6.45) is 6.25. The number of ether oxygens (including phenoxy) is 1. The average molecular weight is 264 g/mol. The summed E-state index contributed by atoms with van der Waals surface area (Å²) in [7, 11) is 1.65. The molecule has 0 heterocycles. The van der Waals surface area contributed by atoms with Gasteiger partial charge in [0.1, 0.15) is 5.75 Å².